The van der Waals surface area contributed by atoms with Crippen LogP contribution in [0, 0.1) is 5.92 Å². The van der Waals surface area contributed by atoms with E-state index in [-0.39, 0.29) is 11.8 Å². The third-order valence-electron chi connectivity index (χ3n) is 2.21. The molecule has 2 fully saturated rings. The Morgan fingerprint density at radius 2 is 2.44 bits per heavy atom. The van der Waals surface area contributed by atoms with E-state index in [1.807, 2.05) is 0 Å². The number of carbonyl (C=O) groups is 1. The van der Waals surface area contributed by atoms with Gasteiger partial charge in [0, 0.05) is 5.92 Å². The number of piperidine rings is 1. The first-order valence-corrected chi connectivity index (χ1v) is 3.25. The molecule has 0 aromatic rings. The summed E-state index contributed by atoms with van der Waals surface area (Å²) in [5, 5.41) is 2.86. The second kappa shape index (κ2) is 1.38. The summed E-state index contributed by atoms with van der Waals surface area (Å²) in [5.74, 6) is 0.495. The highest BCUT2D eigenvalue weighted by atomic mass is 16.2. The summed E-state index contributed by atoms with van der Waals surface area (Å²) < 4.78 is 0. The van der Waals surface area contributed by atoms with Crippen LogP contribution in [0.3, 0.4) is 0 Å². The molecule has 2 heteroatoms. The van der Waals surface area contributed by atoms with Crippen molar-refractivity contribution in [3.05, 3.63) is 12.2 Å². The second-order valence-corrected chi connectivity index (χ2v) is 2.86. The SMILES string of the molecule is C=C1CC2CC1NC2=O. The molecule has 1 N–H and O–H groups in total. The molecule has 1 saturated carbocycles. The van der Waals surface area contributed by atoms with E-state index in [1.165, 1.54) is 5.57 Å². The zero-order valence-corrected chi connectivity index (χ0v) is 5.18. The average Bonchev–Trinajstić information content (AvgIpc) is 2.24. The van der Waals surface area contributed by atoms with Crippen molar-refractivity contribution in [2.45, 2.75) is 18.9 Å². The third-order valence-corrected chi connectivity index (χ3v) is 2.21. The minimum Gasteiger partial charge on any atom is -0.349 e. The third kappa shape index (κ3) is 0.530. The Hall–Kier alpha value is -0.790. The highest BCUT2D eigenvalue weighted by Crippen LogP contribution is 2.34. The van der Waals surface area contributed by atoms with Gasteiger partial charge in [-0.25, -0.2) is 0 Å². The number of hydrogen-bond acceptors (Lipinski definition) is 1. The summed E-state index contributed by atoms with van der Waals surface area (Å²) >= 11 is 0. The largest absolute Gasteiger partial charge is 0.349 e. The van der Waals surface area contributed by atoms with Crippen molar-refractivity contribution in [1.29, 1.82) is 0 Å². The van der Waals surface area contributed by atoms with Gasteiger partial charge >= 0.3 is 0 Å². The molecule has 48 valence electrons. The monoisotopic (exact) mass is 123 g/mol. The van der Waals surface area contributed by atoms with E-state index in [1.54, 1.807) is 0 Å². The van der Waals surface area contributed by atoms with Gasteiger partial charge in [-0.2, -0.15) is 0 Å². The fourth-order valence-electron chi connectivity index (χ4n) is 1.64. The maximum absolute atomic E-state index is 10.8. The minimum atomic E-state index is 0.229. The number of amides is 1. The molecule has 2 rings (SSSR count). The Morgan fingerprint density at radius 3 is 2.78 bits per heavy atom. The van der Waals surface area contributed by atoms with Crippen LogP contribution in [-0.4, -0.2) is 11.9 Å². The lowest BCUT2D eigenvalue weighted by Gasteiger charge is -2.12. The summed E-state index contributed by atoms with van der Waals surface area (Å²) in [5.41, 5.74) is 1.21. The van der Waals surface area contributed by atoms with Gasteiger partial charge in [0.1, 0.15) is 0 Å². The quantitative estimate of drug-likeness (QED) is 0.465. The van der Waals surface area contributed by atoms with Crippen LogP contribution in [0.1, 0.15) is 12.8 Å². The molecule has 2 unspecified atom stereocenters. The lowest BCUT2D eigenvalue weighted by molar-refractivity contribution is -0.123. The van der Waals surface area contributed by atoms with Crippen LogP contribution in [0.4, 0.5) is 0 Å². The van der Waals surface area contributed by atoms with Gasteiger partial charge in [0.15, 0.2) is 0 Å². The lowest BCUT2D eigenvalue weighted by atomic mass is 10.1. The summed E-state index contributed by atoms with van der Waals surface area (Å²) in [4.78, 5) is 10.8. The van der Waals surface area contributed by atoms with Crippen LogP contribution in [-0.2, 0) is 4.79 Å². The van der Waals surface area contributed by atoms with Crippen molar-refractivity contribution in [2.75, 3.05) is 0 Å². The summed E-state index contributed by atoms with van der Waals surface area (Å²) in [7, 11) is 0. The minimum absolute atomic E-state index is 0.229. The first-order chi connectivity index (χ1) is 4.27. The van der Waals surface area contributed by atoms with E-state index in [4.69, 9.17) is 0 Å². The number of nitrogens with one attached hydrogen (secondary N) is 1. The van der Waals surface area contributed by atoms with Gasteiger partial charge in [-0.15, -0.1) is 0 Å². The van der Waals surface area contributed by atoms with E-state index >= 15 is 0 Å². The lowest BCUT2D eigenvalue weighted by Crippen LogP contribution is -2.31. The Morgan fingerprint density at radius 1 is 1.67 bits per heavy atom. The molecule has 0 radical (unpaired) electrons. The Labute approximate surface area is 53.9 Å². The molecular formula is C7H9NO. The fourth-order valence-corrected chi connectivity index (χ4v) is 1.64. The number of rotatable bonds is 0. The molecule has 1 heterocycles. The van der Waals surface area contributed by atoms with Crippen LogP contribution in [0.5, 0.6) is 0 Å². The van der Waals surface area contributed by atoms with Crippen molar-refractivity contribution in [3.63, 3.8) is 0 Å². The van der Waals surface area contributed by atoms with Crippen LogP contribution in [0.2, 0.25) is 0 Å². The molecule has 1 aliphatic heterocycles. The molecule has 1 aliphatic carbocycles. The van der Waals surface area contributed by atoms with E-state index in [2.05, 4.69) is 11.9 Å². The molecule has 2 bridgehead atoms. The smallest absolute Gasteiger partial charge is 0.223 e. The van der Waals surface area contributed by atoms with Gasteiger partial charge in [0.05, 0.1) is 6.04 Å². The number of fused-ring (bicyclic) bond motifs is 2. The van der Waals surface area contributed by atoms with Crippen molar-refractivity contribution < 1.29 is 4.79 Å². The molecule has 2 atom stereocenters. The molecule has 2 aliphatic rings. The van der Waals surface area contributed by atoms with Crippen molar-refractivity contribution in [1.82, 2.24) is 5.32 Å². The van der Waals surface area contributed by atoms with Crippen LogP contribution >= 0.6 is 0 Å². The van der Waals surface area contributed by atoms with E-state index < -0.39 is 0 Å². The van der Waals surface area contributed by atoms with Gasteiger partial charge in [0.2, 0.25) is 5.91 Å². The highest BCUT2D eigenvalue weighted by molar-refractivity contribution is 5.84. The van der Waals surface area contributed by atoms with E-state index in [0.717, 1.165) is 12.8 Å². The van der Waals surface area contributed by atoms with Crippen LogP contribution in [0.25, 0.3) is 0 Å². The number of hydrogen-bond donors (Lipinski definition) is 1. The van der Waals surface area contributed by atoms with Gasteiger partial charge in [-0.3, -0.25) is 4.79 Å². The maximum Gasteiger partial charge on any atom is 0.223 e. The summed E-state index contributed by atoms with van der Waals surface area (Å²) in [6, 6.07) is 0.322. The highest BCUT2D eigenvalue weighted by Gasteiger charge is 2.40. The van der Waals surface area contributed by atoms with Crippen LogP contribution in [0.15, 0.2) is 12.2 Å². The molecular weight excluding hydrogens is 114 g/mol. The average molecular weight is 123 g/mol. The normalized spacial score (nSPS) is 39.6. The molecule has 1 amide bonds. The molecule has 1 saturated heterocycles. The van der Waals surface area contributed by atoms with E-state index in [0.29, 0.717) is 6.04 Å². The van der Waals surface area contributed by atoms with Crippen molar-refractivity contribution in [3.8, 4) is 0 Å². The van der Waals surface area contributed by atoms with Crippen molar-refractivity contribution in [2.24, 2.45) is 5.92 Å². The molecule has 0 aromatic carbocycles. The van der Waals surface area contributed by atoms with Gasteiger partial charge < -0.3 is 5.32 Å². The van der Waals surface area contributed by atoms with Crippen molar-refractivity contribution >= 4 is 5.91 Å². The van der Waals surface area contributed by atoms with Gasteiger partial charge in [-0.1, -0.05) is 12.2 Å². The zero-order valence-electron chi connectivity index (χ0n) is 5.18. The fraction of sp³-hybridized carbons (Fsp3) is 0.571. The first-order valence-electron chi connectivity index (χ1n) is 3.25. The maximum atomic E-state index is 10.8. The number of carbonyl (C=O) groups excluding carboxylic acids is 1. The predicted octanol–water partition coefficient (Wildman–Crippen LogP) is 0.451. The van der Waals surface area contributed by atoms with Gasteiger partial charge in [-0.05, 0) is 12.8 Å². The summed E-state index contributed by atoms with van der Waals surface area (Å²) in [6.07, 6.45) is 1.92. The Balaban J connectivity index is 2.28. The summed E-state index contributed by atoms with van der Waals surface area (Å²) in [6.45, 7) is 3.86. The van der Waals surface area contributed by atoms with Crippen LogP contribution < -0.4 is 5.32 Å². The molecule has 2 nitrogen and oxygen atoms in total. The second-order valence-electron chi connectivity index (χ2n) is 2.86. The molecule has 0 spiro atoms. The molecule has 9 heavy (non-hydrogen) atoms. The molecule has 0 aromatic heterocycles. The predicted molar refractivity (Wildman–Crippen MR) is 33.8 cm³/mol. The van der Waals surface area contributed by atoms with E-state index in [9.17, 15) is 4.79 Å². The first kappa shape index (κ1) is 5.03. The Bertz CT molecular complexity index is 165. The Kier molecular flexibility index (Phi) is 0.770. The topological polar surface area (TPSA) is 29.1 Å². The standard InChI is InChI=1S/C7H9NO/c1-4-2-5-3-6(4)8-7(5)9/h5-6H,1-3H2,(H,8,9). The van der Waals surface area contributed by atoms with Gasteiger partial charge in [0.25, 0.3) is 0 Å². The zero-order chi connectivity index (χ0) is 6.43.